The molecule has 1 aromatic carbocycles. The van der Waals surface area contributed by atoms with Crippen molar-refractivity contribution in [3.8, 4) is 0 Å². The van der Waals surface area contributed by atoms with Crippen molar-refractivity contribution in [2.24, 2.45) is 22.6 Å². The van der Waals surface area contributed by atoms with Crippen LogP contribution < -0.4 is 10.6 Å². The minimum Gasteiger partial charge on any atom is -0.496 e. The average Bonchev–Trinajstić information content (AvgIpc) is 3.52. The summed E-state index contributed by atoms with van der Waals surface area (Å²) < 4.78 is 43.3. The number of morpholine rings is 1. The molecule has 1 saturated heterocycles. The number of nitrogens with two attached hydrogens (primary N) is 1. The largest absolute Gasteiger partial charge is 0.496 e. The molecule has 3 heterocycles. The van der Waals surface area contributed by atoms with Gasteiger partial charge in [0.25, 0.3) is 5.91 Å². The number of benzene rings is 1. The topological polar surface area (TPSA) is 121 Å². The van der Waals surface area contributed by atoms with Gasteiger partial charge in [-0.25, -0.2) is 8.42 Å². The van der Waals surface area contributed by atoms with Crippen molar-refractivity contribution < 1.29 is 27.4 Å². The second-order valence-electron chi connectivity index (χ2n) is 12.1. The molecule has 2 N–H and O–H groups in total. The fourth-order valence-electron chi connectivity index (χ4n) is 7.19. The first kappa shape index (κ1) is 29.4. The Hall–Kier alpha value is -3.28. The van der Waals surface area contributed by atoms with Crippen LogP contribution >= 0.6 is 11.8 Å². The van der Waals surface area contributed by atoms with E-state index >= 15 is 0 Å². The van der Waals surface area contributed by atoms with Crippen LogP contribution in [0, 0.1) is 11.8 Å². The maximum Gasteiger partial charge on any atom is 0.273 e. The van der Waals surface area contributed by atoms with Crippen molar-refractivity contribution in [2.75, 3.05) is 50.6 Å². The molecule has 3 aliphatic carbocycles. The van der Waals surface area contributed by atoms with Crippen molar-refractivity contribution in [1.29, 1.82) is 0 Å². The maximum absolute atomic E-state index is 12.5. The lowest BCUT2D eigenvalue weighted by Crippen LogP contribution is -2.36. The van der Waals surface area contributed by atoms with Gasteiger partial charge >= 0.3 is 0 Å². The lowest BCUT2D eigenvalue weighted by molar-refractivity contribution is -0.111. The standard InChI is InChI=1S/C33H37N3O6S2/c1-44(38,39)23-7-9-26(36-11-13-40-14-12-36)21(15-23)18-42-27-10-8-24-28(20-5-3-2-4-6-20)30-25(29(24)27)19-41-17-22-16-35-33(32(34)37)43-31(22)30/h7-10,15,19-20,29H,2-6,11-14,16-18H2,1H3,(H2,34,37). The fraction of sp³-hybridized carbons (Fsp3) is 0.455. The molecule has 0 aromatic heterocycles. The summed E-state index contributed by atoms with van der Waals surface area (Å²) in [6.45, 7) is 3.75. The molecule has 0 bridgehead atoms. The molecule has 11 heteroatoms. The van der Waals surface area contributed by atoms with Crippen LogP contribution in [-0.4, -0.2) is 65.1 Å². The predicted octanol–water partition coefficient (Wildman–Crippen LogP) is 4.57. The van der Waals surface area contributed by atoms with Crippen molar-refractivity contribution in [2.45, 2.75) is 43.6 Å². The zero-order chi connectivity index (χ0) is 30.4. The van der Waals surface area contributed by atoms with Crippen molar-refractivity contribution >= 4 is 38.2 Å². The molecule has 1 saturated carbocycles. The molecule has 2 fully saturated rings. The molecule has 9 nitrogen and oxygen atoms in total. The van der Waals surface area contributed by atoms with E-state index in [-0.39, 0.29) is 17.4 Å². The van der Waals surface area contributed by atoms with Crippen LogP contribution in [0.2, 0.25) is 0 Å². The number of amides is 1. The highest BCUT2D eigenvalue weighted by atomic mass is 32.2. The molecule has 44 heavy (non-hydrogen) atoms. The summed E-state index contributed by atoms with van der Waals surface area (Å²) in [6, 6.07) is 5.30. The number of anilines is 1. The van der Waals surface area contributed by atoms with Crippen LogP contribution in [0.5, 0.6) is 0 Å². The zero-order valence-electron chi connectivity index (χ0n) is 24.8. The number of thioether (sulfide) groups is 1. The molecule has 1 aromatic rings. The molecule has 3 aliphatic heterocycles. The first-order valence-electron chi connectivity index (χ1n) is 15.3. The number of fused-ring (bicyclic) bond motifs is 4. The smallest absolute Gasteiger partial charge is 0.273 e. The van der Waals surface area contributed by atoms with E-state index < -0.39 is 15.7 Å². The summed E-state index contributed by atoms with van der Waals surface area (Å²) >= 11 is 1.37. The first-order valence-corrected chi connectivity index (χ1v) is 18.0. The number of hydrogen-bond donors (Lipinski definition) is 1. The van der Waals surface area contributed by atoms with E-state index in [1.165, 1.54) is 48.4 Å². The summed E-state index contributed by atoms with van der Waals surface area (Å²) in [4.78, 5) is 20.2. The Kier molecular flexibility index (Phi) is 7.96. The maximum atomic E-state index is 12.5. The monoisotopic (exact) mass is 635 g/mol. The van der Waals surface area contributed by atoms with Gasteiger partial charge in [-0.2, -0.15) is 0 Å². The van der Waals surface area contributed by atoms with Crippen LogP contribution in [0.15, 0.2) is 85.0 Å². The highest BCUT2D eigenvalue weighted by molar-refractivity contribution is 8.19. The number of carbonyl (C=O) groups excluding carboxylic acids is 1. The third-order valence-corrected chi connectivity index (χ3v) is 11.6. The Morgan fingerprint density at radius 3 is 2.68 bits per heavy atom. The Morgan fingerprint density at radius 2 is 1.93 bits per heavy atom. The molecule has 232 valence electrons. The van der Waals surface area contributed by atoms with E-state index in [0.29, 0.717) is 37.3 Å². The summed E-state index contributed by atoms with van der Waals surface area (Å²) in [5.74, 6) is 0.583. The summed E-state index contributed by atoms with van der Waals surface area (Å²) in [7, 11) is -3.39. The highest BCUT2D eigenvalue weighted by Crippen LogP contribution is 2.57. The van der Waals surface area contributed by atoms with Crippen LogP contribution in [0.1, 0.15) is 37.7 Å². The summed E-state index contributed by atoms with van der Waals surface area (Å²) in [6.07, 6.45) is 13.2. The zero-order valence-corrected chi connectivity index (χ0v) is 26.5. The predicted molar refractivity (Wildman–Crippen MR) is 171 cm³/mol. The van der Waals surface area contributed by atoms with Crippen molar-refractivity contribution in [3.63, 3.8) is 0 Å². The number of sulfone groups is 1. The molecule has 1 unspecified atom stereocenters. The lowest BCUT2D eigenvalue weighted by Gasteiger charge is -2.31. The second kappa shape index (κ2) is 11.9. The van der Waals surface area contributed by atoms with Gasteiger partial charge in [0.05, 0.1) is 36.8 Å². The number of nitrogens with zero attached hydrogens (tertiary/aromatic N) is 2. The molecule has 7 rings (SSSR count). The number of ether oxygens (including phenoxy) is 3. The number of primary amides is 1. The van der Waals surface area contributed by atoms with Crippen molar-refractivity contribution in [3.05, 3.63) is 80.7 Å². The average molecular weight is 636 g/mol. The molecule has 1 amide bonds. The third kappa shape index (κ3) is 5.43. The van der Waals surface area contributed by atoms with Crippen LogP contribution in [0.25, 0.3) is 0 Å². The van der Waals surface area contributed by atoms with Crippen LogP contribution in [0.4, 0.5) is 5.69 Å². The van der Waals surface area contributed by atoms with Crippen molar-refractivity contribution in [1.82, 2.24) is 0 Å². The Labute approximate surface area is 262 Å². The highest BCUT2D eigenvalue weighted by Gasteiger charge is 2.45. The van der Waals surface area contributed by atoms with Gasteiger partial charge in [-0.3, -0.25) is 9.79 Å². The van der Waals surface area contributed by atoms with Crippen LogP contribution in [-0.2, 0) is 35.4 Å². The SMILES string of the molecule is CS(=O)(=O)c1ccc(N2CCOCC2)c(COC2=CC=C3C(C4CCCCC4)=C4C(=COCC5=C4SC(C(N)=O)=NC5)C23)c1. The van der Waals surface area contributed by atoms with Gasteiger partial charge in [0.2, 0.25) is 0 Å². The molecule has 0 spiro atoms. The quantitative estimate of drug-likeness (QED) is 0.463. The van der Waals surface area contributed by atoms with E-state index in [0.717, 1.165) is 64.6 Å². The Bertz CT molecular complexity index is 1690. The number of allylic oxidation sites excluding steroid dienone is 5. The van der Waals surface area contributed by atoms with Gasteiger partial charge in [-0.05, 0) is 59.8 Å². The minimum atomic E-state index is -3.39. The van der Waals surface area contributed by atoms with Gasteiger partial charge in [0, 0.05) is 46.6 Å². The van der Waals surface area contributed by atoms with E-state index in [1.54, 1.807) is 12.1 Å². The van der Waals surface area contributed by atoms with Gasteiger partial charge in [-0.15, -0.1) is 0 Å². The molecule has 0 radical (unpaired) electrons. The number of rotatable bonds is 7. The van der Waals surface area contributed by atoms with Gasteiger partial charge in [0.1, 0.15) is 19.0 Å². The summed E-state index contributed by atoms with van der Waals surface area (Å²) in [5, 5.41) is 0.333. The first-order chi connectivity index (χ1) is 21.3. The van der Waals surface area contributed by atoms with E-state index in [2.05, 4.69) is 22.0 Å². The van der Waals surface area contributed by atoms with Crippen LogP contribution in [0.3, 0.4) is 0 Å². The second-order valence-corrected chi connectivity index (χ2v) is 15.1. The molecular formula is C33H37N3O6S2. The van der Waals surface area contributed by atoms with E-state index in [1.807, 2.05) is 12.3 Å². The number of aliphatic imine (C=N–C) groups is 1. The Morgan fingerprint density at radius 1 is 1.14 bits per heavy atom. The summed E-state index contributed by atoms with van der Waals surface area (Å²) in [5.41, 5.74) is 13.3. The van der Waals surface area contributed by atoms with E-state index in [9.17, 15) is 13.2 Å². The Balaban J connectivity index is 1.22. The fourth-order valence-corrected chi connectivity index (χ4v) is 8.88. The number of hydrogen-bond acceptors (Lipinski definition) is 9. The normalized spacial score (nSPS) is 23.9. The van der Waals surface area contributed by atoms with Gasteiger partial charge in [-0.1, -0.05) is 37.1 Å². The number of carbonyl (C=O) groups is 1. The third-order valence-electron chi connectivity index (χ3n) is 9.28. The van der Waals surface area contributed by atoms with Gasteiger partial charge in [0.15, 0.2) is 14.9 Å². The van der Waals surface area contributed by atoms with Gasteiger partial charge < -0.3 is 24.8 Å². The lowest BCUT2D eigenvalue weighted by atomic mass is 9.80. The molecule has 1 atom stereocenters. The minimum absolute atomic E-state index is 0.129. The van der Waals surface area contributed by atoms with E-state index in [4.69, 9.17) is 19.9 Å². The molecular weight excluding hydrogens is 599 g/mol. The molecule has 6 aliphatic rings.